The van der Waals surface area contributed by atoms with Crippen molar-refractivity contribution in [3.63, 3.8) is 0 Å². The molecule has 0 spiro atoms. The highest BCUT2D eigenvalue weighted by Crippen LogP contribution is 2.23. The van der Waals surface area contributed by atoms with Crippen molar-refractivity contribution in [3.05, 3.63) is 36.7 Å². The fourth-order valence-corrected chi connectivity index (χ4v) is 3.53. The molecular formula is C15H16N4O4S. The maximum Gasteiger partial charge on any atom is 0.261 e. The number of hydrogen-bond acceptors (Lipinski definition) is 6. The second-order valence-corrected chi connectivity index (χ2v) is 7.04. The van der Waals surface area contributed by atoms with E-state index in [0.717, 1.165) is 12.8 Å². The lowest BCUT2D eigenvalue weighted by atomic mass is 10.1. The Kier molecular flexibility index (Phi) is 4.75. The van der Waals surface area contributed by atoms with Crippen LogP contribution in [-0.4, -0.2) is 37.5 Å². The van der Waals surface area contributed by atoms with Crippen molar-refractivity contribution in [3.8, 4) is 0 Å². The van der Waals surface area contributed by atoms with Crippen molar-refractivity contribution in [2.45, 2.75) is 23.8 Å². The zero-order valence-electron chi connectivity index (χ0n) is 12.8. The molecule has 2 aromatic rings. The van der Waals surface area contributed by atoms with E-state index in [0.29, 0.717) is 24.6 Å². The minimum atomic E-state index is -3.73. The summed E-state index contributed by atoms with van der Waals surface area (Å²) in [5, 5.41) is 4.23. The Hall–Kier alpha value is -2.48. The van der Waals surface area contributed by atoms with Gasteiger partial charge in [0.05, 0.1) is 28.5 Å². The highest BCUT2D eigenvalue weighted by molar-refractivity contribution is 7.92. The molecule has 1 aromatic carbocycles. The van der Waals surface area contributed by atoms with Crippen LogP contribution in [0.1, 0.15) is 18.9 Å². The van der Waals surface area contributed by atoms with Gasteiger partial charge in [-0.2, -0.15) is 10.1 Å². The summed E-state index contributed by atoms with van der Waals surface area (Å²) >= 11 is 0. The van der Waals surface area contributed by atoms with E-state index in [1.807, 2.05) is 0 Å². The maximum absolute atomic E-state index is 12.4. The molecule has 0 saturated carbocycles. The van der Waals surface area contributed by atoms with Gasteiger partial charge in [0, 0.05) is 19.4 Å². The summed E-state index contributed by atoms with van der Waals surface area (Å²) in [6.45, 7) is 1.36. The van der Waals surface area contributed by atoms with Gasteiger partial charge in [-0.05, 0) is 37.1 Å². The third-order valence-corrected chi connectivity index (χ3v) is 5.14. The first kappa shape index (κ1) is 16.4. The number of aromatic nitrogens is 2. The number of carbonyl (C=O) groups excluding carboxylic acids is 1. The van der Waals surface area contributed by atoms with E-state index < -0.39 is 10.0 Å². The SMILES string of the molecule is O=C=Nc1ccc(S(=O)(=O)Nc2cnn(C3CCOCC3)c2)cc1. The summed E-state index contributed by atoms with van der Waals surface area (Å²) in [5.41, 5.74) is 0.743. The average Bonchev–Trinajstić information content (AvgIpc) is 3.04. The Labute approximate surface area is 139 Å². The van der Waals surface area contributed by atoms with Crippen LogP contribution in [-0.2, 0) is 19.6 Å². The van der Waals surface area contributed by atoms with Crippen LogP contribution in [0.4, 0.5) is 11.4 Å². The van der Waals surface area contributed by atoms with Crippen molar-refractivity contribution in [2.24, 2.45) is 4.99 Å². The van der Waals surface area contributed by atoms with Crippen LogP contribution in [0.5, 0.6) is 0 Å². The largest absolute Gasteiger partial charge is 0.381 e. The molecule has 3 rings (SSSR count). The lowest BCUT2D eigenvalue weighted by Crippen LogP contribution is -2.19. The molecule has 9 heteroatoms. The van der Waals surface area contributed by atoms with Gasteiger partial charge in [0.2, 0.25) is 6.08 Å². The van der Waals surface area contributed by atoms with E-state index in [4.69, 9.17) is 4.74 Å². The number of nitrogens with zero attached hydrogens (tertiary/aromatic N) is 3. The van der Waals surface area contributed by atoms with Crippen molar-refractivity contribution in [1.82, 2.24) is 9.78 Å². The number of aliphatic imine (C=N–C) groups is 1. The third kappa shape index (κ3) is 3.70. The first-order chi connectivity index (χ1) is 11.6. The van der Waals surface area contributed by atoms with Gasteiger partial charge in [-0.1, -0.05) is 0 Å². The maximum atomic E-state index is 12.4. The smallest absolute Gasteiger partial charge is 0.261 e. The van der Waals surface area contributed by atoms with Crippen molar-refractivity contribution >= 4 is 27.5 Å². The molecule has 0 unspecified atom stereocenters. The summed E-state index contributed by atoms with van der Waals surface area (Å²) in [7, 11) is -3.73. The van der Waals surface area contributed by atoms with Crippen LogP contribution < -0.4 is 4.72 Å². The Bertz CT molecular complexity index is 848. The highest BCUT2D eigenvalue weighted by Gasteiger charge is 2.19. The first-order valence-corrected chi connectivity index (χ1v) is 8.89. The molecule has 8 nitrogen and oxygen atoms in total. The monoisotopic (exact) mass is 348 g/mol. The van der Waals surface area contributed by atoms with Gasteiger partial charge in [0.1, 0.15) is 0 Å². The fourth-order valence-electron chi connectivity index (χ4n) is 2.51. The number of hydrogen-bond donors (Lipinski definition) is 1. The van der Waals surface area contributed by atoms with Crippen LogP contribution in [0, 0.1) is 0 Å². The first-order valence-electron chi connectivity index (χ1n) is 7.41. The number of rotatable bonds is 5. The van der Waals surface area contributed by atoms with E-state index in [1.54, 1.807) is 10.9 Å². The second-order valence-electron chi connectivity index (χ2n) is 5.36. The fraction of sp³-hybridized carbons (Fsp3) is 0.333. The molecular weight excluding hydrogens is 332 g/mol. The number of sulfonamides is 1. The number of ether oxygens (including phenoxy) is 1. The molecule has 0 aliphatic carbocycles. The zero-order chi connectivity index (χ0) is 17.0. The Morgan fingerprint density at radius 1 is 1.25 bits per heavy atom. The lowest BCUT2D eigenvalue weighted by Gasteiger charge is -2.22. The molecule has 1 aliphatic rings. The van der Waals surface area contributed by atoms with Gasteiger partial charge < -0.3 is 4.74 Å². The average molecular weight is 348 g/mol. The third-order valence-electron chi connectivity index (χ3n) is 3.74. The predicted molar refractivity (Wildman–Crippen MR) is 86.3 cm³/mol. The molecule has 1 aromatic heterocycles. The van der Waals surface area contributed by atoms with E-state index in [9.17, 15) is 13.2 Å². The molecule has 0 bridgehead atoms. The molecule has 1 saturated heterocycles. The normalized spacial score (nSPS) is 15.7. The van der Waals surface area contributed by atoms with Gasteiger partial charge in [0.15, 0.2) is 0 Å². The van der Waals surface area contributed by atoms with E-state index in [-0.39, 0.29) is 10.9 Å². The van der Waals surface area contributed by atoms with Crippen molar-refractivity contribution < 1.29 is 17.9 Å². The summed E-state index contributed by atoms with van der Waals surface area (Å²) in [6, 6.07) is 5.84. The van der Waals surface area contributed by atoms with E-state index in [1.165, 1.54) is 36.5 Å². The minimum Gasteiger partial charge on any atom is -0.381 e. The molecule has 1 N–H and O–H groups in total. The van der Waals surface area contributed by atoms with Gasteiger partial charge in [-0.25, -0.2) is 13.2 Å². The van der Waals surface area contributed by atoms with Crippen molar-refractivity contribution in [1.29, 1.82) is 0 Å². The molecule has 0 radical (unpaired) electrons. The summed E-state index contributed by atoms with van der Waals surface area (Å²) < 4.78 is 34.3. The van der Waals surface area contributed by atoms with Crippen LogP contribution in [0.3, 0.4) is 0 Å². The molecule has 2 heterocycles. The minimum absolute atomic E-state index is 0.0752. The molecule has 1 aliphatic heterocycles. The number of benzene rings is 1. The molecule has 0 atom stereocenters. The predicted octanol–water partition coefficient (Wildman–Crippen LogP) is 2.00. The number of nitrogens with one attached hydrogen (secondary N) is 1. The Morgan fingerprint density at radius 2 is 1.96 bits per heavy atom. The Balaban J connectivity index is 1.74. The molecule has 1 fully saturated rings. The van der Waals surface area contributed by atoms with Gasteiger partial charge in [-0.15, -0.1) is 0 Å². The number of anilines is 1. The summed E-state index contributed by atoms with van der Waals surface area (Å²) in [4.78, 5) is 13.7. The standard InChI is InChI=1S/C15H16N4O4S/c20-11-16-12-1-3-15(4-2-12)24(21,22)18-13-9-17-19(10-13)14-5-7-23-8-6-14/h1-4,9-10,14,18H,5-8H2. The van der Waals surface area contributed by atoms with Crippen LogP contribution in [0.25, 0.3) is 0 Å². The summed E-state index contributed by atoms with van der Waals surface area (Å²) in [5.74, 6) is 0. The Morgan fingerprint density at radius 3 is 2.62 bits per heavy atom. The van der Waals surface area contributed by atoms with Crippen molar-refractivity contribution in [2.75, 3.05) is 17.9 Å². The topological polar surface area (TPSA) is 103 Å². The highest BCUT2D eigenvalue weighted by atomic mass is 32.2. The van der Waals surface area contributed by atoms with Crippen LogP contribution in [0.2, 0.25) is 0 Å². The second kappa shape index (κ2) is 6.96. The molecule has 126 valence electrons. The van der Waals surface area contributed by atoms with Gasteiger partial charge in [0.25, 0.3) is 10.0 Å². The van der Waals surface area contributed by atoms with E-state index in [2.05, 4.69) is 14.8 Å². The van der Waals surface area contributed by atoms with Crippen LogP contribution in [0.15, 0.2) is 46.5 Å². The summed E-state index contributed by atoms with van der Waals surface area (Å²) in [6.07, 6.45) is 6.28. The zero-order valence-corrected chi connectivity index (χ0v) is 13.6. The van der Waals surface area contributed by atoms with Crippen LogP contribution >= 0.6 is 0 Å². The quantitative estimate of drug-likeness (QED) is 0.657. The lowest BCUT2D eigenvalue weighted by molar-refractivity contribution is 0.0662. The molecule has 0 amide bonds. The van der Waals surface area contributed by atoms with Gasteiger partial charge in [-0.3, -0.25) is 9.40 Å². The van der Waals surface area contributed by atoms with Gasteiger partial charge >= 0.3 is 0 Å². The molecule has 24 heavy (non-hydrogen) atoms. The number of isocyanates is 1. The van der Waals surface area contributed by atoms with E-state index >= 15 is 0 Å².